The van der Waals surface area contributed by atoms with Crippen LogP contribution in [-0.2, 0) is 4.74 Å². The van der Waals surface area contributed by atoms with Crippen molar-refractivity contribution in [2.75, 3.05) is 43.1 Å². The molecule has 19 heavy (non-hydrogen) atoms. The monoisotopic (exact) mass is 267 g/mol. The zero-order chi connectivity index (χ0) is 13.7. The maximum atomic E-state index is 11.3. The van der Waals surface area contributed by atoms with E-state index in [1.165, 1.54) is 6.33 Å². The highest BCUT2D eigenvalue weighted by Gasteiger charge is 2.27. The van der Waals surface area contributed by atoms with Crippen LogP contribution in [0.25, 0.3) is 0 Å². The zero-order valence-electron chi connectivity index (χ0n) is 10.8. The van der Waals surface area contributed by atoms with Gasteiger partial charge in [-0.05, 0) is 13.3 Å². The summed E-state index contributed by atoms with van der Waals surface area (Å²) in [5.74, 6) is 0.629. The maximum Gasteiger partial charge on any atom is 0.353 e. The quantitative estimate of drug-likeness (QED) is 0.643. The fraction of sp³-hybridized carbons (Fsp3) is 0.636. The van der Waals surface area contributed by atoms with Gasteiger partial charge in [-0.3, -0.25) is 10.1 Å². The highest BCUT2D eigenvalue weighted by molar-refractivity contribution is 5.70. The molecule has 2 heterocycles. The first-order valence-electron chi connectivity index (χ1n) is 6.30. The molecule has 0 unspecified atom stereocenters. The van der Waals surface area contributed by atoms with Gasteiger partial charge in [-0.25, -0.2) is 9.97 Å². The van der Waals surface area contributed by atoms with E-state index in [1.807, 2.05) is 11.8 Å². The second-order valence-corrected chi connectivity index (χ2v) is 4.13. The first-order valence-corrected chi connectivity index (χ1v) is 6.30. The normalized spacial score (nSPS) is 15.9. The Balaban J connectivity index is 2.37. The Bertz CT molecular complexity index is 446. The van der Waals surface area contributed by atoms with Gasteiger partial charge in [0.25, 0.3) is 0 Å². The second kappa shape index (κ2) is 6.28. The molecular formula is C11H17N5O3. The average molecular weight is 267 g/mol. The number of ether oxygens (including phenoxy) is 1. The van der Waals surface area contributed by atoms with E-state index >= 15 is 0 Å². The highest BCUT2D eigenvalue weighted by atomic mass is 16.6. The molecule has 1 N–H and O–H groups in total. The summed E-state index contributed by atoms with van der Waals surface area (Å²) in [6.45, 7) is 4.96. The molecule has 0 aromatic carbocycles. The number of hydrogen-bond donors (Lipinski definition) is 1. The summed E-state index contributed by atoms with van der Waals surface area (Å²) in [4.78, 5) is 20.8. The van der Waals surface area contributed by atoms with Crippen molar-refractivity contribution in [3.05, 3.63) is 16.4 Å². The Labute approximate surface area is 110 Å². The first kappa shape index (κ1) is 13.5. The van der Waals surface area contributed by atoms with Crippen molar-refractivity contribution in [2.24, 2.45) is 0 Å². The Kier molecular flexibility index (Phi) is 4.45. The third-order valence-electron chi connectivity index (χ3n) is 2.85. The van der Waals surface area contributed by atoms with Crippen molar-refractivity contribution in [3.63, 3.8) is 0 Å². The van der Waals surface area contributed by atoms with Crippen LogP contribution in [0.3, 0.4) is 0 Å². The van der Waals surface area contributed by atoms with E-state index < -0.39 is 4.92 Å². The molecule has 0 aliphatic carbocycles. The fourth-order valence-electron chi connectivity index (χ4n) is 2.02. The highest BCUT2D eigenvalue weighted by Crippen LogP contribution is 2.31. The number of nitrogens with zero attached hydrogens (tertiary/aromatic N) is 4. The summed E-state index contributed by atoms with van der Waals surface area (Å²) in [5.41, 5.74) is -0.0637. The lowest BCUT2D eigenvalue weighted by Gasteiger charge is -2.20. The zero-order valence-corrected chi connectivity index (χ0v) is 10.8. The molecule has 1 fully saturated rings. The van der Waals surface area contributed by atoms with Crippen LogP contribution in [0.2, 0.25) is 0 Å². The molecule has 1 saturated heterocycles. The van der Waals surface area contributed by atoms with Crippen molar-refractivity contribution in [1.82, 2.24) is 9.97 Å². The van der Waals surface area contributed by atoms with E-state index in [4.69, 9.17) is 4.74 Å². The summed E-state index contributed by atoms with van der Waals surface area (Å²) >= 11 is 0. The van der Waals surface area contributed by atoms with Gasteiger partial charge in [-0.15, -0.1) is 0 Å². The standard InChI is InChI=1S/C11H17N5O3/c1-2-12-10-9(16(17)18)11(14-8-13-10)15-4-3-6-19-7-5-15/h8H,2-7H2,1H3,(H,12,13,14). The van der Waals surface area contributed by atoms with Crippen LogP contribution in [-0.4, -0.2) is 47.7 Å². The minimum absolute atomic E-state index is 0.0637. The molecule has 1 aliphatic rings. The van der Waals surface area contributed by atoms with Crippen LogP contribution in [0.4, 0.5) is 17.3 Å². The molecule has 0 radical (unpaired) electrons. The van der Waals surface area contributed by atoms with Gasteiger partial charge in [0.2, 0.25) is 11.6 Å². The molecule has 0 bridgehead atoms. The summed E-state index contributed by atoms with van der Waals surface area (Å²) < 4.78 is 5.35. The molecular weight excluding hydrogens is 250 g/mol. The molecule has 1 aromatic heterocycles. The minimum Gasteiger partial charge on any atom is -0.380 e. The van der Waals surface area contributed by atoms with Crippen molar-refractivity contribution in [2.45, 2.75) is 13.3 Å². The molecule has 0 atom stereocenters. The van der Waals surface area contributed by atoms with Gasteiger partial charge >= 0.3 is 5.69 Å². The Hall–Kier alpha value is -1.96. The van der Waals surface area contributed by atoms with E-state index in [9.17, 15) is 10.1 Å². The molecule has 0 spiro atoms. The lowest BCUT2D eigenvalue weighted by molar-refractivity contribution is -0.383. The van der Waals surface area contributed by atoms with Crippen LogP contribution in [0.5, 0.6) is 0 Å². The molecule has 1 aliphatic heterocycles. The Morgan fingerprint density at radius 2 is 2.32 bits per heavy atom. The molecule has 0 saturated carbocycles. The summed E-state index contributed by atoms with van der Waals surface area (Å²) in [7, 11) is 0. The van der Waals surface area contributed by atoms with Gasteiger partial charge in [-0.2, -0.15) is 0 Å². The summed E-state index contributed by atoms with van der Waals surface area (Å²) in [6, 6.07) is 0. The van der Waals surface area contributed by atoms with Crippen LogP contribution in [0.1, 0.15) is 13.3 Å². The van der Waals surface area contributed by atoms with Crippen LogP contribution in [0.15, 0.2) is 6.33 Å². The Morgan fingerprint density at radius 3 is 3.05 bits per heavy atom. The molecule has 104 valence electrons. The van der Waals surface area contributed by atoms with E-state index in [-0.39, 0.29) is 11.5 Å². The van der Waals surface area contributed by atoms with Crippen LogP contribution >= 0.6 is 0 Å². The van der Waals surface area contributed by atoms with Gasteiger partial charge in [0, 0.05) is 26.2 Å². The van der Waals surface area contributed by atoms with E-state index in [0.29, 0.717) is 38.7 Å². The summed E-state index contributed by atoms with van der Waals surface area (Å²) in [5, 5.41) is 14.2. The van der Waals surface area contributed by atoms with E-state index in [0.717, 1.165) is 6.42 Å². The van der Waals surface area contributed by atoms with Crippen molar-refractivity contribution < 1.29 is 9.66 Å². The van der Waals surface area contributed by atoms with Gasteiger partial charge in [0.05, 0.1) is 11.5 Å². The third kappa shape index (κ3) is 3.08. The summed E-state index contributed by atoms with van der Waals surface area (Å²) in [6.07, 6.45) is 2.18. The number of aromatic nitrogens is 2. The number of rotatable bonds is 4. The number of anilines is 2. The van der Waals surface area contributed by atoms with Crippen molar-refractivity contribution in [1.29, 1.82) is 0 Å². The largest absolute Gasteiger partial charge is 0.380 e. The lowest BCUT2D eigenvalue weighted by Crippen LogP contribution is -2.28. The van der Waals surface area contributed by atoms with Crippen LogP contribution in [0, 0.1) is 10.1 Å². The fourth-order valence-corrected chi connectivity index (χ4v) is 2.02. The van der Waals surface area contributed by atoms with Gasteiger partial charge in [0.15, 0.2) is 0 Å². The van der Waals surface area contributed by atoms with Crippen molar-refractivity contribution >= 4 is 17.3 Å². The Morgan fingerprint density at radius 1 is 1.47 bits per heavy atom. The maximum absolute atomic E-state index is 11.3. The minimum atomic E-state index is -0.431. The lowest BCUT2D eigenvalue weighted by atomic mass is 10.3. The number of hydrogen-bond acceptors (Lipinski definition) is 7. The molecule has 8 heteroatoms. The van der Waals surface area contributed by atoms with E-state index in [2.05, 4.69) is 15.3 Å². The van der Waals surface area contributed by atoms with Crippen molar-refractivity contribution in [3.8, 4) is 0 Å². The first-order chi connectivity index (χ1) is 9.24. The average Bonchev–Trinajstić information content (AvgIpc) is 2.67. The topological polar surface area (TPSA) is 93.4 Å². The van der Waals surface area contributed by atoms with Gasteiger partial charge < -0.3 is 15.0 Å². The third-order valence-corrected chi connectivity index (χ3v) is 2.85. The second-order valence-electron chi connectivity index (χ2n) is 4.13. The molecule has 0 amide bonds. The van der Waals surface area contributed by atoms with Gasteiger partial charge in [0.1, 0.15) is 6.33 Å². The predicted octanol–water partition coefficient (Wildman–Crippen LogP) is 1.04. The number of nitrogens with one attached hydrogen (secondary N) is 1. The smallest absolute Gasteiger partial charge is 0.353 e. The predicted molar refractivity (Wildman–Crippen MR) is 70.5 cm³/mol. The van der Waals surface area contributed by atoms with Gasteiger partial charge in [-0.1, -0.05) is 0 Å². The molecule has 2 rings (SSSR count). The SMILES string of the molecule is CCNc1ncnc(N2CCCOCC2)c1[N+](=O)[O-]. The molecule has 8 nitrogen and oxygen atoms in total. The van der Waals surface area contributed by atoms with E-state index in [1.54, 1.807) is 0 Å². The number of nitro groups is 1. The molecule has 1 aromatic rings. The van der Waals surface area contributed by atoms with Crippen LogP contribution < -0.4 is 10.2 Å².